The molecule has 1 atom stereocenters. The van der Waals surface area contributed by atoms with Crippen LogP contribution in [0.5, 0.6) is 5.75 Å². The standard InChI is InChI=1S/C16H16Cl2O2/c1-9-7-14(18)10(2)6-13(9)16(19)12-5-4-11(17)8-15(12)20-3/h4-8,16,19H,1-3H3. The summed E-state index contributed by atoms with van der Waals surface area (Å²) in [4.78, 5) is 0. The SMILES string of the molecule is COc1cc(Cl)ccc1C(O)c1cc(C)c(Cl)cc1C. The topological polar surface area (TPSA) is 29.5 Å². The Morgan fingerprint density at radius 2 is 1.70 bits per heavy atom. The van der Waals surface area contributed by atoms with Crippen LogP contribution in [0.25, 0.3) is 0 Å². The normalized spacial score (nSPS) is 12.3. The van der Waals surface area contributed by atoms with Gasteiger partial charge in [-0.05, 0) is 48.7 Å². The molecule has 20 heavy (non-hydrogen) atoms. The van der Waals surface area contributed by atoms with Gasteiger partial charge in [0.05, 0.1) is 7.11 Å². The van der Waals surface area contributed by atoms with E-state index >= 15 is 0 Å². The van der Waals surface area contributed by atoms with Crippen LogP contribution in [0.2, 0.25) is 10.0 Å². The van der Waals surface area contributed by atoms with Gasteiger partial charge in [-0.25, -0.2) is 0 Å². The van der Waals surface area contributed by atoms with E-state index in [1.807, 2.05) is 26.0 Å². The van der Waals surface area contributed by atoms with Gasteiger partial charge in [0, 0.05) is 15.6 Å². The summed E-state index contributed by atoms with van der Waals surface area (Å²) in [5, 5.41) is 11.9. The van der Waals surface area contributed by atoms with Gasteiger partial charge in [-0.3, -0.25) is 0 Å². The second-order valence-electron chi connectivity index (χ2n) is 4.75. The van der Waals surface area contributed by atoms with Gasteiger partial charge < -0.3 is 9.84 Å². The maximum atomic E-state index is 10.6. The number of aryl methyl sites for hydroxylation is 2. The summed E-state index contributed by atoms with van der Waals surface area (Å²) < 4.78 is 5.29. The molecule has 2 aromatic rings. The quantitative estimate of drug-likeness (QED) is 0.890. The number of aliphatic hydroxyl groups is 1. The minimum atomic E-state index is -0.779. The summed E-state index contributed by atoms with van der Waals surface area (Å²) in [7, 11) is 1.56. The molecular formula is C16H16Cl2O2. The van der Waals surface area contributed by atoms with E-state index in [1.54, 1.807) is 25.3 Å². The van der Waals surface area contributed by atoms with Gasteiger partial charge in [0.15, 0.2) is 0 Å². The lowest BCUT2D eigenvalue weighted by atomic mass is 9.95. The maximum Gasteiger partial charge on any atom is 0.126 e. The molecule has 1 N–H and O–H groups in total. The molecule has 0 saturated heterocycles. The van der Waals surface area contributed by atoms with Crippen LogP contribution in [0.1, 0.15) is 28.4 Å². The third kappa shape index (κ3) is 2.93. The van der Waals surface area contributed by atoms with Crippen LogP contribution in [0.15, 0.2) is 30.3 Å². The second-order valence-corrected chi connectivity index (χ2v) is 5.59. The molecule has 2 nitrogen and oxygen atoms in total. The Kier molecular flexibility index (Phi) is 4.59. The van der Waals surface area contributed by atoms with Gasteiger partial charge in [0.1, 0.15) is 11.9 Å². The van der Waals surface area contributed by atoms with Crippen molar-refractivity contribution in [1.29, 1.82) is 0 Å². The highest BCUT2D eigenvalue weighted by atomic mass is 35.5. The molecule has 2 rings (SSSR count). The van der Waals surface area contributed by atoms with Crippen molar-refractivity contribution in [2.45, 2.75) is 20.0 Å². The van der Waals surface area contributed by atoms with Gasteiger partial charge in [-0.1, -0.05) is 35.3 Å². The molecule has 0 fully saturated rings. The summed E-state index contributed by atoms with van der Waals surface area (Å²) >= 11 is 12.0. The van der Waals surface area contributed by atoms with E-state index in [1.165, 1.54) is 0 Å². The Hall–Kier alpha value is -1.22. The van der Waals surface area contributed by atoms with Crippen molar-refractivity contribution in [1.82, 2.24) is 0 Å². The molecule has 0 saturated carbocycles. The zero-order valence-corrected chi connectivity index (χ0v) is 13.1. The van der Waals surface area contributed by atoms with Crippen molar-refractivity contribution in [2.75, 3.05) is 7.11 Å². The Labute approximate surface area is 128 Å². The van der Waals surface area contributed by atoms with Crippen LogP contribution >= 0.6 is 23.2 Å². The Balaban J connectivity index is 2.51. The minimum Gasteiger partial charge on any atom is -0.496 e. The van der Waals surface area contributed by atoms with E-state index in [0.717, 1.165) is 16.7 Å². The molecule has 0 bridgehead atoms. The first-order chi connectivity index (χ1) is 9.43. The van der Waals surface area contributed by atoms with Crippen LogP contribution in [0.3, 0.4) is 0 Å². The zero-order valence-electron chi connectivity index (χ0n) is 11.6. The fourth-order valence-corrected chi connectivity index (χ4v) is 2.56. The number of benzene rings is 2. The summed E-state index contributed by atoms with van der Waals surface area (Å²) in [6, 6.07) is 8.96. The smallest absolute Gasteiger partial charge is 0.126 e. The number of rotatable bonds is 3. The van der Waals surface area contributed by atoms with Crippen molar-refractivity contribution in [3.63, 3.8) is 0 Å². The fourth-order valence-electron chi connectivity index (χ4n) is 2.18. The Bertz CT molecular complexity index is 639. The van der Waals surface area contributed by atoms with Crippen LogP contribution in [-0.2, 0) is 0 Å². The van der Waals surface area contributed by atoms with E-state index in [-0.39, 0.29) is 0 Å². The summed E-state index contributed by atoms with van der Waals surface area (Å²) in [5.41, 5.74) is 3.36. The lowest BCUT2D eigenvalue weighted by molar-refractivity contribution is 0.214. The van der Waals surface area contributed by atoms with Crippen molar-refractivity contribution >= 4 is 23.2 Å². The number of ether oxygens (including phenoxy) is 1. The van der Waals surface area contributed by atoms with Crippen LogP contribution in [0, 0.1) is 13.8 Å². The van der Waals surface area contributed by atoms with Gasteiger partial charge in [0.25, 0.3) is 0 Å². The van der Waals surface area contributed by atoms with Gasteiger partial charge in [-0.2, -0.15) is 0 Å². The summed E-state index contributed by atoms with van der Waals surface area (Å²) in [6.45, 7) is 3.84. The van der Waals surface area contributed by atoms with E-state index in [0.29, 0.717) is 21.4 Å². The molecule has 0 aliphatic rings. The van der Waals surface area contributed by atoms with Gasteiger partial charge >= 0.3 is 0 Å². The minimum absolute atomic E-state index is 0.567. The van der Waals surface area contributed by atoms with Crippen LogP contribution in [0.4, 0.5) is 0 Å². The van der Waals surface area contributed by atoms with Crippen LogP contribution in [-0.4, -0.2) is 12.2 Å². The second kappa shape index (κ2) is 6.04. The zero-order chi connectivity index (χ0) is 14.9. The van der Waals surface area contributed by atoms with Crippen molar-refractivity contribution in [3.05, 3.63) is 62.6 Å². The number of aliphatic hydroxyl groups excluding tert-OH is 1. The number of hydrogen-bond donors (Lipinski definition) is 1. The molecule has 0 radical (unpaired) electrons. The molecule has 1 unspecified atom stereocenters. The lowest BCUT2D eigenvalue weighted by Crippen LogP contribution is -2.05. The number of methoxy groups -OCH3 is 1. The molecule has 0 amide bonds. The average Bonchev–Trinajstić information content (AvgIpc) is 2.42. The first-order valence-corrected chi connectivity index (χ1v) is 6.97. The molecule has 0 spiro atoms. The lowest BCUT2D eigenvalue weighted by Gasteiger charge is -2.18. The molecule has 0 aliphatic carbocycles. The van der Waals surface area contributed by atoms with Crippen molar-refractivity contribution in [3.8, 4) is 5.75 Å². The first-order valence-electron chi connectivity index (χ1n) is 6.22. The highest BCUT2D eigenvalue weighted by molar-refractivity contribution is 6.31. The largest absolute Gasteiger partial charge is 0.496 e. The molecule has 106 valence electrons. The van der Waals surface area contributed by atoms with E-state index in [2.05, 4.69) is 0 Å². The summed E-state index contributed by atoms with van der Waals surface area (Å²) in [5.74, 6) is 0.567. The Morgan fingerprint density at radius 3 is 2.35 bits per heavy atom. The monoisotopic (exact) mass is 310 g/mol. The molecule has 0 aliphatic heterocycles. The number of halogens is 2. The van der Waals surface area contributed by atoms with E-state index < -0.39 is 6.10 Å². The van der Waals surface area contributed by atoms with Crippen LogP contribution < -0.4 is 4.74 Å². The predicted octanol–water partition coefficient (Wildman–Crippen LogP) is 4.70. The van der Waals surface area contributed by atoms with Gasteiger partial charge in [-0.15, -0.1) is 0 Å². The molecular weight excluding hydrogens is 295 g/mol. The molecule has 0 heterocycles. The Morgan fingerprint density at radius 1 is 1.00 bits per heavy atom. The molecule has 0 aromatic heterocycles. The van der Waals surface area contributed by atoms with Crippen molar-refractivity contribution in [2.24, 2.45) is 0 Å². The third-order valence-corrected chi connectivity index (χ3v) is 3.97. The third-order valence-electron chi connectivity index (χ3n) is 3.33. The van der Waals surface area contributed by atoms with E-state index in [4.69, 9.17) is 27.9 Å². The van der Waals surface area contributed by atoms with Crippen molar-refractivity contribution < 1.29 is 9.84 Å². The first kappa shape index (κ1) is 15.2. The van der Waals surface area contributed by atoms with Gasteiger partial charge in [0.2, 0.25) is 0 Å². The fraction of sp³-hybridized carbons (Fsp3) is 0.250. The highest BCUT2D eigenvalue weighted by Gasteiger charge is 2.18. The molecule has 4 heteroatoms. The molecule has 2 aromatic carbocycles. The number of hydrogen-bond acceptors (Lipinski definition) is 2. The summed E-state index contributed by atoms with van der Waals surface area (Å²) in [6.07, 6.45) is -0.779. The predicted molar refractivity (Wildman–Crippen MR) is 83.0 cm³/mol. The highest BCUT2D eigenvalue weighted by Crippen LogP contribution is 2.34. The maximum absolute atomic E-state index is 10.6. The van der Waals surface area contributed by atoms with E-state index in [9.17, 15) is 5.11 Å². The average molecular weight is 311 g/mol.